The monoisotopic (exact) mass is 174 g/mol. The smallest absolute Gasteiger partial charge is 0.0195 e. The normalized spacial score (nSPS) is 19.5. The number of nitrogens with two attached hydrogens (primary N) is 2. The standard InChI is InChI=1S/C8H16.2CH5N/c1-8(2)6-4-3-5-7-8;2*1-2/h3-7H2,1-2H3;2*2H2,1H3. The molecule has 0 atom stereocenters. The second-order valence-corrected chi connectivity index (χ2v) is 3.72. The van der Waals surface area contributed by atoms with E-state index in [1.165, 1.54) is 46.2 Å². The van der Waals surface area contributed by atoms with E-state index in [1.807, 2.05) is 0 Å². The minimum absolute atomic E-state index is 0.679. The van der Waals surface area contributed by atoms with Crippen LogP contribution in [0.1, 0.15) is 46.0 Å². The highest BCUT2D eigenvalue weighted by Gasteiger charge is 2.19. The van der Waals surface area contributed by atoms with Crippen LogP contribution in [0.5, 0.6) is 0 Å². The molecule has 76 valence electrons. The van der Waals surface area contributed by atoms with Crippen molar-refractivity contribution in [2.24, 2.45) is 16.9 Å². The van der Waals surface area contributed by atoms with Gasteiger partial charge in [0.05, 0.1) is 0 Å². The van der Waals surface area contributed by atoms with E-state index in [-0.39, 0.29) is 0 Å². The quantitative estimate of drug-likeness (QED) is 0.591. The van der Waals surface area contributed by atoms with E-state index in [0.29, 0.717) is 5.41 Å². The highest BCUT2D eigenvalue weighted by molar-refractivity contribution is 4.72. The number of hydrogen-bond donors (Lipinski definition) is 2. The molecule has 2 nitrogen and oxygen atoms in total. The lowest BCUT2D eigenvalue weighted by Gasteiger charge is -2.28. The summed E-state index contributed by atoms with van der Waals surface area (Å²) >= 11 is 0. The maximum Gasteiger partial charge on any atom is -0.0195 e. The van der Waals surface area contributed by atoms with Gasteiger partial charge in [-0.25, -0.2) is 0 Å². The molecule has 1 saturated carbocycles. The Kier molecular flexibility index (Phi) is 10.8. The number of rotatable bonds is 0. The summed E-state index contributed by atoms with van der Waals surface area (Å²) < 4.78 is 0. The highest BCUT2D eigenvalue weighted by Crippen LogP contribution is 2.34. The zero-order chi connectivity index (χ0) is 10.0. The van der Waals surface area contributed by atoms with Crippen molar-refractivity contribution in [2.45, 2.75) is 46.0 Å². The molecule has 1 rings (SSSR count). The Morgan fingerprint density at radius 3 is 1.25 bits per heavy atom. The second kappa shape index (κ2) is 9.01. The van der Waals surface area contributed by atoms with Gasteiger partial charge in [0.1, 0.15) is 0 Å². The van der Waals surface area contributed by atoms with Gasteiger partial charge in [-0.3, -0.25) is 0 Å². The summed E-state index contributed by atoms with van der Waals surface area (Å²) in [5.41, 5.74) is 9.68. The van der Waals surface area contributed by atoms with Crippen LogP contribution in [-0.2, 0) is 0 Å². The van der Waals surface area contributed by atoms with Crippen LogP contribution in [0.25, 0.3) is 0 Å². The van der Waals surface area contributed by atoms with Gasteiger partial charge in [-0.05, 0) is 32.4 Å². The van der Waals surface area contributed by atoms with Gasteiger partial charge in [0, 0.05) is 0 Å². The minimum atomic E-state index is 0.679. The van der Waals surface area contributed by atoms with Gasteiger partial charge in [0.2, 0.25) is 0 Å². The minimum Gasteiger partial charge on any atom is -0.333 e. The van der Waals surface area contributed by atoms with Crippen LogP contribution in [0.15, 0.2) is 0 Å². The fraction of sp³-hybridized carbons (Fsp3) is 1.00. The lowest BCUT2D eigenvalue weighted by atomic mass is 9.78. The van der Waals surface area contributed by atoms with E-state index in [1.54, 1.807) is 0 Å². The molecule has 1 fully saturated rings. The van der Waals surface area contributed by atoms with Crippen LogP contribution >= 0.6 is 0 Å². The zero-order valence-electron chi connectivity index (χ0n) is 9.19. The van der Waals surface area contributed by atoms with Crippen molar-refractivity contribution in [3.63, 3.8) is 0 Å². The molecule has 0 aliphatic heterocycles. The van der Waals surface area contributed by atoms with Crippen molar-refractivity contribution in [1.82, 2.24) is 0 Å². The van der Waals surface area contributed by atoms with Gasteiger partial charge in [-0.2, -0.15) is 0 Å². The largest absolute Gasteiger partial charge is 0.333 e. The first-order valence-corrected chi connectivity index (χ1v) is 4.86. The summed E-state index contributed by atoms with van der Waals surface area (Å²) in [7, 11) is 3.00. The van der Waals surface area contributed by atoms with Gasteiger partial charge in [-0.15, -0.1) is 0 Å². The van der Waals surface area contributed by atoms with E-state index < -0.39 is 0 Å². The maximum atomic E-state index is 4.50. The van der Waals surface area contributed by atoms with Gasteiger partial charge in [0.15, 0.2) is 0 Å². The Bertz CT molecular complexity index is 71.9. The molecule has 2 heteroatoms. The van der Waals surface area contributed by atoms with Crippen molar-refractivity contribution < 1.29 is 0 Å². The van der Waals surface area contributed by atoms with E-state index >= 15 is 0 Å². The average Bonchev–Trinajstić information content (AvgIpc) is 2.11. The molecule has 0 unspecified atom stereocenters. The molecule has 0 spiro atoms. The molecule has 0 bridgehead atoms. The van der Waals surface area contributed by atoms with Gasteiger partial charge >= 0.3 is 0 Å². The van der Waals surface area contributed by atoms with Crippen LogP contribution in [0.3, 0.4) is 0 Å². The van der Waals surface area contributed by atoms with Crippen molar-refractivity contribution in [1.29, 1.82) is 0 Å². The van der Waals surface area contributed by atoms with Crippen molar-refractivity contribution in [3.8, 4) is 0 Å². The third kappa shape index (κ3) is 8.02. The molecule has 0 aromatic carbocycles. The molecular formula is C10H26N2. The summed E-state index contributed by atoms with van der Waals surface area (Å²) in [6.07, 6.45) is 7.31. The predicted octanol–water partition coefficient (Wildman–Crippen LogP) is 2.13. The lowest BCUT2D eigenvalue weighted by molar-refractivity contribution is 0.244. The summed E-state index contributed by atoms with van der Waals surface area (Å²) in [5, 5.41) is 0. The van der Waals surface area contributed by atoms with Crippen LogP contribution < -0.4 is 11.5 Å². The zero-order valence-corrected chi connectivity index (χ0v) is 9.19. The fourth-order valence-electron chi connectivity index (χ4n) is 1.51. The first-order valence-electron chi connectivity index (χ1n) is 4.86. The molecule has 0 saturated heterocycles. The van der Waals surface area contributed by atoms with Crippen molar-refractivity contribution >= 4 is 0 Å². The molecule has 1 aliphatic rings. The second-order valence-electron chi connectivity index (χ2n) is 3.72. The van der Waals surface area contributed by atoms with Crippen LogP contribution in [-0.4, -0.2) is 14.1 Å². The fourth-order valence-corrected chi connectivity index (χ4v) is 1.51. The summed E-state index contributed by atoms with van der Waals surface area (Å²) in [6.45, 7) is 4.76. The Labute approximate surface area is 77.7 Å². The average molecular weight is 174 g/mol. The molecule has 0 amide bonds. The van der Waals surface area contributed by atoms with Crippen LogP contribution in [0, 0.1) is 5.41 Å². The van der Waals surface area contributed by atoms with Crippen LogP contribution in [0.4, 0.5) is 0 Å². The SMILES string of the molecule is CC1(C)CCCCC1.CN.CN. The molecular weight excluding hydrogens is 148 g/mol. The summed E-state index contributed by atoms with van der Waals surface area (Å²) in [4.78, 5) is 0. The Hall–Kier alpha value is -0.0800. The molecule has 0 aromatic rings. The first kappa shape index (κ1) is 14.4. The Balaban J connectivity index is 0. The third-order valence-electron chi connectivity index (χ3n) is 2.21. The summed E-state index contributed by atoms with van der Waals surface area (Å²) in [5.74, 6) is 0. The first-order chi connectivity index (χ1) is 5.71. The molecule has 12 heavy (non-hydrogen) atoms. The maximum absolute atomic E-state index is 4.50. The Morgan fingerprint density at radius 1 is 0.750 bits per heavy atom. The molecule has 4 N–H and O–H groups in total. The highest BCUT2D eigenvalue weighted by atomic mass is 14.4. The van der Waals surface area contributed by atoms with Crippen LogP contribution in [0.2, 0.25) is 0 Å². The van der Waals surface area contributed by atoms with Crippen molar-refractivity contribution in [2.75, 3.05) is 14.1 Å². The van der Waals surface area contributed by atoms with Gasteiger partial charge in [0.25, 0.3) is 0 Å². The van der Waals surface area contributed by atoms with Gasteiger partial charge < -0.3 is 11.5 Å². The van der Waals surface area contributed by atoms with Crippen molar-refractivity contribution in [3.05, 3.63) is 0 Å². The van der Waals surface area contributed by atoms with E-state index in [9.17, 15) is 0 Å². The molecule has 0 heterocycles. The van der Waals surface area contributed by atoms with E-state index in [4.69, 9.17) is 0 Å². The van der Waals surface area contributed by atoms with Gasteiger partial charge in [-0.1, -0.05) is 33.1 Å². The molecule has 0 radical (unpaired) electrons. The third-order valence-corrected chi connectivity index (χ3v) is 2.21. The Morgan fingerprint density at radius 2 is 1.08 bits per heavy atom. The number of hydrogen-bond acceptors (Lipinski definition) is 2. The topological polar surface area (TPSA) is 52.0 Å². The molecule has 0 aromatic heterocycles. The van der Waals surface area contributed by atoms with E-state index in [2.05, 4.69) is 25.3 Å². The molecule has 1 aliphatic carbocycles. The van der Waals surface area contributed by atoms with E-state index in [0.717, 1.165) is 0 Å². The predicted molar refractivity (Wildman–Crippen MR) is 57.1 cm³/mol. The lowest BCUT2D eigenvalue weighted by Crippen LogP contribution is -2.14. The summed E-state index contributed by atoms with van der Waals surface area (Å²) in [6, 6.07) is 0.